The first kappa shape index (κ1) is 18.0. The molecule has 1 fully saturated rings. The van der Waals surface area contributed by atoms with Crippen molar-refractivity contribution in [1.29, 1.82) is 5.26 Å². The first-order chi connectivity index (χ1) is 12.7. The predicted molar refractivity (Wildman–Crippen MR) is 99.5 cm³/mol. The molecule has 0 atom stereocenters. The fourth-order valence-electron chi connectivity index (χ4n) is 3.24. The Kier molecular flexibility index (Phi) is 5.88. The molecule has 26 heavy (non-hydrogen) atoms. The number of rotatable bonds is 5. The maximum absolute atomic E-state index is 12.5. The molecule has 5 nitrogen and oxygen atoms in total. The van der Waals surface area contributed by atoms with Crippen LogP contribution in [0.5, 0.6) is 5.75 Å². The molecule has 5 heteroatoms. The van der Waals surface area contributed by atoms with E-state index in [4.69, 9.17) is 4.74 Å². The van der Waals surface area contributed by atoms with E-state index < -0.39 is 0 Å². The average Bonchev–Trinajstić information content (AvgIpc) is 2.85. The number of carbonyl (C=O) groups is 1. The lowest BCUT2D eigenvalue weighted by Crippen LogP contribution is -2.33. The highest BCUT2D eigenvalue weighted by molar-refractivity contribution is 5.76. The van der Waals surface area contributed by atoms with Crippen LogP contribution < -0.4 is 4.74 Å². The SMILES string of the molecule is COc1cccc(CN2CCC(=O)N(Cc3ccccc3C#N)CC2)c1. The molecule has 3 rings (SSSR count). The van der Waals surface area contributed by atoms with Gasteiger partial charge in [0, 0.05) is 39.1 Å². The fraction of sp³-hybridized carbons (Fsp3) is 0.333. The number of nitriles is 1. The van der Waals surface area contributed by atoms with Crippen molar-refractivity contribution >= 4 is 5.91 Å². The Balaban J connectivity index is 1.64. The van der Waals surface area contributed by atoms with Crippen LogP contribution in [0.25, 0.3) is 0 Å². The number of carbonyl (C=O) groups excluding carboxylic acids is 1. The summed E-state index contributed by atoms with van der Waals surface area (Å²) in [5.74, 6) is 0.994. The van der Waals surface area contributed by atoms with Gasteiger partial charge in [-0.2, -0.15) is 5.26 Å². The van der Waals surface area contributed by atoms with E-state index in [1.165, 1.54) is 5.56 Å². The van der Waals surface area contributed by atoms with Gasteiger partial charge in [-0.15, -0.1) is 0 Å². The van der Waals surface area contributed by atoms with E-state index in [-0.39, 0.29) is 5.91 Å². The van der Waals surface area contributed by atoms with E-state index in [0.717, 1.165) is 30.9 Å². The topological polar surface area (TPSA) is 56.6 Å². The highest BCUT2D eigenvalue weighted by Gasteiger charge is 2.21. The molecule has 0 bridgehead atoms. The van der Waals surface area contributed by atoms with E-state index in [1.54, 1.807) is 13.2 Å². The molecule has 0 saturated carbocycles. The van der Waals surface area contributed by atoms with Crippen LogP contribution in [0.15, 0.2) is 48.5 Å². The van der Waals surface area contributed by atoms with Crippen LogP contribution in [0.2, 0.25) is 0 Å². The monoisotopic (exact) mass is 349 g/mol. The summed E-state index contributed by atoms with van der Waals surface area (Å²) in [5.41, 5.74) is 2.72. The van der Waals surface area contributed by atoms with E-state index >= 15 is 0 Å². The van der Waals surface area contributed by atoms with Crippen molar-refractivity contribution in [1.82, 2.24) is 9.80 Å². The standard InChI is InChI=1S/C21H23N3O2/c1-26-20-8-4-5-17(13-20)15-23-10-9-21(25)24(12-11-23)16-19-7-3-2-6-18(19)14-22/h2-8,13H,9-12,15-16H2,1H3. The highest BCUT2D eigenvalue weighted by Crippen LogP contribution is 2.17. The van der Waals surface area contributed by atoms with Gasteiger partial charge >= 0.3 is 0 Å². The Hall–Kier alpha value is -2.84. The number of nitrogens with zero attached hydrogens (tertiary/aromatic N) is 3. The molecule has 0 unspecified atom stereocenters. The molecule has 0 aliphatic carbocycles. The second kappa shape index (κ2) is 8.50. The minimum atomic E-state index is 0.144. The van der Waals surface area contributed by atoms with Crippen LogP contribution in [-0.4, -0.2) is 42.5 Å². The minimum Gasteiger partial charge on any atom is -0.497 e. The lowest BCUT2D eigenvalue weighted by molar-refractivity contribution is -0.130. The van der Waals surface area contributed by atoms with Crippen LogP contribution in [-0.2, 0) is 17.9 Å². The lowest BCUT2D eigenvalue weighted by atomic mass is 10.1. The van der Waals surface area contributed by atoms with E-state index in [0.29, 0.717) is 25.1 Å². The van der Waals surface area contributed by atoms with Gasteiger partial charge in [-0.1, -0.05) is 30.3 Å². The number of benzene rings is 2. The van der Waals surface area contributed by atoms with Gasteiger partial charge in [-0.05, 0) is 29.3 Å². The van der Waals surface area contributed by atoms with Gasteiger partial charge in [-0.25, -0.2) is 0 Å². The van der Waals surface area contributed by atoms with Crippen LogP contribution >= 0.6 is 0 Å². The Bertz CT molecular complexity index is 813. The second-order valence-corrected chi connectivity index (χ2v) is 6.46. The molecule has 1 aliphatic rings. The third-order valence-electron chi connectivity index (χ3n) is 4.72. The molecule has 1 amide bonds. The molecule has 1 heterocycles. The third-order valence-corrected chi connectivity index (χ3v) is 4.72. The molecule has 0 radical (unpaired) electrons. The fourth-order valence-corrected chi connectivity index (χ4v) is 3.24. The molecular weight excluding hydrogens is 326 g/mol. The van der Waals surface area contributed by atoms with Crippen molar-refractivity contribution in [2.75, 3.05) is 26.7 Å². The second-order valence-electron chi connectivity index (χ2n) is 6.46. The van der Waals surface area contributed by atoms with E-state index in [9.17, 15) is 10.1 Å². The maximum Gasteiger partial charge on any atom is 0.224 e. The summed E-state index contributed by atoms with van der Waals surface area (Å²) in [7, 11) is 1.67. The van der Waals surface area contributed by atoms with Crippen molar-refractivity contribution in [2.45, 2.75) is 19.5 Å². The van der Waals surface area contributed by atoms with Gasteiger partial charge in [0.05, 0.1) is 18.7 Å². The summed E-state index contributed by atoms with van der Waals surface area (Å²) in [6, 6.07) is 17.7. The first-order valence-corrected chi connectivity index (χ1v) is 8.80. The summed E-state index contributed by atoms with van der Waals surface area (Å²) in [6.45, 7) is 3.52. The summed E-state index contributed by atoms with van der Waals surface area (Å²) in [6.07, 6.45) is 0.499. The van der Waals surface area contributed by atoms with Crippen LogP contribution in [0.1, 0.15) is 23.1 Å². The molecule has 1 saturated heterocycles. The average molecular weight is 349 g/mol. The van der Waals surface area contributed by atoms with Gasteiger partial charge in [0.1, 0.15) is 5.75 Å². The normalized spacial score (nSPS) is 15.4. The van der Waals surface area contributed by atoms with Crippen molar-refractivity contribution < 1.29 is 9.53 Å². The van der Waals surface area contributed by atoms with Crippen LogP contribution in [0.3, 0.4) is 0 Å². The number of ether oxygens (including phenoxy) is 1. The number of hydrogen-bond donors (Lipinski definition) is 0. The van der Waals surface area contributed by atoms with Crippen molar-refractivity contribution in [3.63, 3.8) is 0 Å². The smallest absolute Gasteiger partial charge is 0.224 e. The summed E-state index contributed by atoms with van der Waals surface area (Å²) in [5, 5.41) is 9.25. The first-order valence-electron chi connectivity index (χ1n) is 8.80. The van der Waals surface area contributed by atoms with Crippen LogP contribution in [0, 0.1) is 11.3 Å². The zero-order chi connectivity index (χ0) is 18.4. The predicted octanol–water partition coefficient (Wildman–Crippen LogP) is 2.80. The molecule has 0 N–H and O–H groups in total. The third kappa shape index (κ3) is 4.41. The largest absolute Gasteiger partial charge is 0.497 e. The van der Waals surface area contributed by atoms with Crippen LogP contribution in [0.4, 0.5) is 0 Å². The summed E-state index contributed by atoms with van der Waals surface area (Å²) >= 11 is 0. The van der Waals surface area contributed by atoms with E-state index in [2.05, 4.69) is 17.0 Å². The summed E-state index contributed by atoms with van der Waals surface area (Å²) in [4.78, 5) is 16.7. The molecule has 134 valence electrons. The zero-order valence-corrected chi connectivity index (χ0v) is 15.0. The van der Waals surface area contributed by atoms with Crippen molar-refractivity contribution in [2.24, 2.45) is 0 Å². The zero-order valence-electron chi connectivity index (χ0n) is 15.0. The lowest BCUT2D eigenvalue weighted by Gasteiger charge is -2.22. The van der Waals surface area contributed by atoms with Crippen molar-refractivity contribution in [3.05, 3.63) is 65.2 Å². The number of methoxy groups -OCH3 is 1. The highest BCUT2D eigenvalue weighted by atomic mass is 16.5. The quantitative estimate of drug-likeness (QED) is 0.833. The Morgan fingerprint density at radius 1 is 1.08 bits per heavy atom. The molecule has 2 aromatic carbocycles. The maximum atomic E-state index is 12.5. The van der Waals surface area contributed by atoms with Gasteiger partial charge in [0.15, 0.2) is 0 Å². The van der Waals surface area contributed by atoms with Gasteiger partial charge < -0.3 is 9.64 Å². The Labute approximate surface area is 154 Å². The minimum absolute atomic E-state index is 0.144. The van der Waals surface area contributed by atoms with E-state index in [1.807, 2.05) is 41.3 Å². The van der Waals surface area contributed by atoms with Gasteiger partial charge in [-0.3, -0.25) is 9.69 Å². The molecular formula is C21H23N3O2. The summed E-state index contributed by atoms with van der Waals surface area (Å²) < 4.78 is 5.28. The molecule has 1 aliphatic heterocycles. The number of hydrogen-bond acceptors (Lipinski definition) is 4. The van der Waals surface area contributed by atoms with Gasteiger partial charge in [0.25, 0.3) is 0 Å². The van der Waals surface area contributed by atoms with Crippen molar-refractivity contribution in [3.8, 4) is 11.8 Å². The van der Waals surface area contributed by atoms with Gasteiger partial charge in [0.2, 0.25) is 5.91 Å². The molecule has 0 aromatic heterocycles. The molecule has 0 spiro atoms. The Morgan fingerprint density at radius 2 is 1.92 bits per heavy atom. The molecule has 2 aromatic rings. The Morgan fingerprint density at radius 3 is 2.73 bits per heavy atom. The number of amides is 1.